The zero-order chi connectivity index (χ0) is 17.8. The number of nitrogens with one attached hydrogen (secondary N) is 1. The lowest BCUT2D eigenvalue weighted by atomic mass is 10.2. The molecule has 0 atom stereocenters. The van der Waals surface area contributed by atoms with Gasteiger partial charge in [-0.25, -0.2) is 4.79 Å². The number of hydrogen-bond acceptors (Lipinski definition) is 6. The van der Waals surface area contributed by atoms with Crippen molar-refractivity contribution in [2.45, 2.75) is 6.54 Å². The molecule has 7 nitrogen and oxygen atoms in total. The first-order valence-electron chi connectivity index (χ1n) is 7.34. The second kappa shape index (κ2) is 7.31. The van der Waals surface area contributed by atoms with E-state index >= 15 is 0 Å². The van der Waals surface area contributed by atoms with Crippen molar-refractivity contribution >= 4 is 23.5 Å². The van der Waals surface area contributed by atoms with Gasteiger partial charge in [0.1, 0.15) is 11.3 Å². The first-order chi connectivity index (χ1) is 12.0. The van der Waals surface area contributed by atoms with Gasteiger partial charge in [0.15, 0.2) is 18.1 Å². The molecule has 2 aromatic carbocycles. The van der Waals surface area contributed by atoms with Crippen LogP contribution in [0.3, 0.4) is 0 Å². The Balaban J connectivity index is 1.49. The molecule has 0 aliphatic carbocycles. The topological polar surface area (TPSA) is 94.1 Å². The molecule has 0 saturated heterocycles. The molecule has 1 aliphatic heterocycles. The Morgan fingerprint density at radius 3 is 2.80 bits per heavy atom. The van der Waals surface area contributed by atoms with E-state index in [4.69, 9.17) is 25.8 Å². The van der Waals surface area contributed by atoms with Crippen LogP contribution in [0.1, 0.15) is 15.9 Å². The van der Waals surface area contributed by atoms with E-state index in [0.717, 1.165) is 5.56 Å². The maximum absolute atomic E-state index is 11.9. The lowest BCUT2D eigenvalue weighted by Gasteiger charge is -2.08. The lowest BCUT2D eigenvalue weighted by molar-refractivity contribution is -0.124. The minimum absolute atomic E-state index is 0.101. The zero-order valence-electron chi connectivity index (χ0n) is 13.0. The van der Waals surface area contributed by atoms with Gasteiger partial charge in [0.25, 0.3) is 5.91 Å². The van der Waals surface area contributed by atoms with Crippen molar-refractivity contribution in [2.24, 2.45) is 0 Å². The predicted octanol–water partition coefficient (Wildman–Crippen LogP) is 2.25. The molecule has 1 aliphatic rings. The maximum Gasteiger partial charge on any atom is 0.342 e. The molecule has 0 bridgehead atoms. The van der Waals surface area contributed by atoms with Crippen LogP contribution in [-0.4, -0.2) is 30.4 Å². The number of ether oxygens (including phenoxy) is 3. The number of fused-ring (bicyclic) bond motifs is 1. The highest BCUT2D eigenvalue weighted by molar-refractivity contribution is 6.31. The fourth-order valence-corrected chi connectivity index (χ4v) is 2.36. The lowest BCUT2D eigenvalue weighted by Crippen LogP contribution is -2.28. The minimum Gasteiger partial charge on any atom is -0.507 e. The Morgan fingerprint density at radius 2 is 1.96 bits per heavy atom. The molecule has 1 heterocycles. The van der Waals surface area contributed by atoms with Crippen molar-refractivity contribution in [1.82, 2.24) is 5.32 Å². The van der Waals surface area contributed by atoms with Gasteiger partial charge in [0, 0.05) is 11.6 Å². The Hall–Kier alpha value is -2.93. The Bertz CT molecular complexity index is 823. The smallest absolute Gasteiger partial charge is 0.342 e. The van der Waals surface area contributed by atoms with Crippen LogP contribution in [-0.2, 0) is 16.1 Å². The third-order valence-corrected chi connectivity index (χ3v) is 3.67. The first kappa shape index (κ1) is 16.9. The van der Waals surface area contributed by atoms with E-state index in [1.54, 1.807) is 18.2 Å². The summed E-state index contributed by atoms with van der Waals surface area (Å²) in [5.41, 5.74) is 0.715. The summed E-state index contributed by atoms with van der Waals surface area (Å²) in [6, 6.07) is 9.29. The van der Waals surface area contributed by atoms with Crippen molar-refractivity contribution < 1.29 is 28.9 Å². The normalized spacial score (nSPS) is 11.9. The van der Waals surface area contributed by atoms with E-state index in [0.29, 0.717) is 11.5 Å². The number of esters is 1. The van der Waals surface area contributed by atoms with Crippen LogP contribution in [0.5, 0.6) is 17.2 Å². The van der Waals surface area contributed by atoms with E-state index in [1.165, 1.54) is 18.2 Å². The van der Waals surface area contributed by atoms with Gasteiger partial charge >= 0.3 is 5.97 Å². The highest BCUT2D eigenvalue weighted by Crippen LogP contribution is 2.32. The number of phenols is 1. The van der Waals surface area contributed by atoms with Crippen molar-refractivity contribution in [3.8, 4) is 17.2 Å². The van der Waals surface area contributed by atoms with Gasteiger partial charge in [0.2, 0.25) is 6.79 Å². The van der Waals surface area contributed by atoms with Crippen molar-refractivity contribution in [2.75, 3.05) is 13.4 Å². The minimum atomic E-state index is -0.835. The number of carbonyl (C=O) groups excluding carboxylic acids is 2. The summed E-state index contributed by atoms with van der Waals surface area (Å²) in [6.45, 7) is -0.0534. The third-order valence-electron chi connectivity index (χ3n) is 3.44. The van der Waals surface area contributed by atoms with Gasteiger partial charge in [-0.05, 0) is 35.9 Å². The predicted molar refractivity (Wildman–Crippen MR) is 87.8 cm³/mol. The molecule has 3 rings (SSSR count). The number of halogens is 1. The molecule has 2 N–H and O–H groups in total. The Morgan fingerprint density at radius 1 is 1.16 bits per heavy atom. The van der Waals surface area contributed by atoms with Crippen molar-refractivity contribution in [1.29, 1.82) is 0 Å². The molecule has 25 heavy (non-hydrogen) atoms. The monoisotopic (exact) mass is 363 g/mol. The van der Waals surface area contributed by atoms with E-state index < -0.39 is 18.5 Å². The molecule has 0 radical (unpaired) electrons. The van der Waals surface area contributed by atoms with Gasteiger partial charge in [-0.15, -0.1) is 0 Å². The second-order valence-electron chi connectivity index (χ2n) is 5.20. The quantitative estimate of drug-likeness (QED) is 0.791. The number of phenolic OH excluding ortho intramolecular Hbond substituents is 1. The first-order valence-corrected chi connectivity index (χ1v) is 7.71. The number of hydrogen-bond donors (Lipinski definition) is 2. The molecule has 0 fully saturated rings. The molecule has 0 aromatic heterocycles. The zero-order valence-corrected chi connectivity index (χ0v) is 13.7. The standard InChI is InChI=1S/C17H14ClNO6/c18-11-2-3-13(20)12(6-11)17(22)23-8-16(21)19-7-10-1-4-14-15(5-10)25-9-24-14/h1-6,20H,7-9H2,(H,19,21). The number of rotatable bonds is 5. The van der Waals surface area contributed by atoms with Crippen LogP contribution in [0.4, 0.5) is 0 Å². The fourth-order valence-electron chi connectivity index (χ4n) is 2.18. The van der Waals surface area contributed by atoms with Crippen LogP contribution in [0.2, 0.25) is 5.02 Å². The van der Waals surface area contributed by atoms with Crippen molar-refractivity contribution in [3.05, 3.63) is 52.5 Å². The van der Waals surface area contributed by atoms with Crippen LogP contribution >= 0.6 is 11.6 Å². The molecule has 1 amide bonds. The van der Waals surface area contributed by atoms with Crippen LogP contribution in [0.15, 0.2) is 36.4 Å². The Kier molecular flexibility index (Phi) is 4.95. The molecule has 8 heteroatoms. The molecular weight excluding hydrogens is 350 g/mol. The SMILES string of the molecule is O=C(COC(=O)c1cc(Cl)ccc1O)NCc1ccc2c(c1)OCO2. The van der Waals surface area contributed by atoms with Crippen LogP contribution < -0.4 is 14.8 Å². The van der Waals surface area contributed by atoms with Gasteiger partial charge in [0.05, 0.1) is 0 Å². The molecule has 0 saturated carbocycles. The number of aromatic hydroxyl groups is 1. The third kappa shape index (κ3) is 4.13. The van der Waals surface area contributed by atoms with E-state index in [9.17, 15) is 14.7 Å². The molecular formula is C17H14ClNO6. The molecule has 0 unspecified atom stereocenters. The van der Waals surface area contributed by atoms with Gasteiger partial charge in [-0.1, -0.05) is 17.7 Å². The molecule has 130 valence electrons. The summed E-state index contributed by atoms with van der Waals surface area (Å²) in [5, 5.41) is 12.5. The Labute approximate surface area is 148 Å². The summed E-state index contributed by atoms with van der Waals surface area (Å²) in [7, 11) is 0. The largest absolute Gasteiger partial charge is 0.507 e. The van der Waals surface area contributed by atoms with Crippen LogP contribution in [0, 0.1) is 0 Å². The van der Waals surface area contributed by atoms with Gasteiger partial charge in [-0.3, -0.25) is 4.79 Å². The highest BCUT2D eigenvalue weighted by Gasteiger charge is 2.16. The summed E-state index contributed by atoms with van der Waals surface area (Å²) < 4.78 is 15.3. The van der Waals surface area contributed by atoms with E-state index in [2.05, 4.69) is 5.32 Å². The fraction of sp³-hybridized carbons (Fsp3) is 0.176. The number of amides is 1. The number of benzene rings is 2. The summed E-state index contributed by atoms with van der Waals surface area (Å²) >= 11 is 5.76. The average molecular weight is 364 g/mol. The highest BCUT2D eigenvalue weighted by atomic mass is 35.5. The van der Waals surface area contributed by atoms with E-state index in [1.807, 2.05) is 0 Å². The molecule has 2 aromatic rings. The molecule has 0 spiro atoms. The summed E-state index contributed by atoms with van der Waals surface area (Å²) in [4.78, 5) is 23.7. The van der Waals surface area contributed by atoms with Crippen molar-refractivity contribution in [3.63, 3.8) is 0 Å². The van der Waals surface area contributed by atoms with Crippen LogP contribution in [0.25, 0.3) is 0 Å². The average Bonchev–Trinajstić information content (AvgIpc) is 3.07. The summed E-state index contributed by atoms with van der Waals surface area (Å²) in [5.74, 6) is -0.305. The maximum atomic E-state index is 11.9. The summed E-state index contributed by atoms with van der Waals surface area (Å²) in [6.07, 6.45) is 0. The second-order valence-corrected chi connectivity index (χ2v) is 5.64. The van der Waals surface area contributed by atoms with Gasteiger partial charge < -0.3 is 24.6 Å². The van der Waals surface area contributed by atoms with E-state index in [-0.39, 0.29) is 29.7 Å². The van der Waals surface area contributed by atoms with Gasteiger partial charge in [-0.2, -0.15) is 0 Å². The number of carbonyl (C=O) groups is 2.